The first-order valence-electron chi connectivity index (χ1n) is 7.05. The van der Waals surface area contributed by atoms with Crippen molar-refractivity contribution in [2.24, 2.45) is 0 Å². The number of hydrogen-bond acceptors (Lipinski definition) is 5. The van der Waals surface area contributed by atoms with Gasteiger partial charge in [0.25, 0.3) is 0 Å². The molecule has 0 atom stereocenters. The maximum atomic E-state index is 12.6. The number of hydrogen-bond donors (Lipinski definition) is 1. The maximum absolute atomic E-state index is 12.6. The van der Waals surface area contributed by atoms with Gasteiger partial charge in [-0.1, -0.05) is 36.4 Å². The van der Waals surface area contributed by atoms with E-state index in [0.717, 1.165) is 6.07 Å². The SMILES string of the molecule is N#CC(C#N)=C(C#N)Nc1ccccc1-c1ccccc1OC(F)(F)F. The van der Waals surface area contributed by atoms with Crippen LogP contribution in [0.2, 0.25) is 0 Å². The van der Waals surface area contributed by atoms with Crippen molar-refractivity contribution in [3.63, 3.8) is 0 Å². The lowest BCUT2D eigenvalue weighted by molar-refractivity contribution is -0.274. The third-order valence-corrected chi connectivity index (χ3v) is 3.18. The minimum atomic E-state index is -4.87. The Morgan fingerprint density at radius 2 is 1.42 bits per heavy atom. The molecule has 0 radical (unpaired) electrons. The number of halogens is 3. The van der Waals surface area contributed by atoms with Gasteiger partial charge in [-0.3, -0.25) is 0 Å². The second kappa shape index (κ2) is 7.74. The van der Waals surface area contributed by atoms with Crippen LogP contribution in [0.4, 0.5) is 18.9 Å². The zero-order valence-corrected chi connectivity index (χ0v) is 13.0. The first-order chi connectivity index (χ1) is 12.4. The van der Waals surface area contributed by atoms with Crippen LogP contribution in [0.15, 0.2) is 59.8 Å². The molecule has 0 aliphatic rings. The van der Waals surface area contributed by atoms with E-state index in [0.29, 0.717) is 5.56 Å². The molecule has 1 N–H and O–H groups in total. The summed E-state index contributed by atoms with van der Waals surface area (Å²) in [7, 11) is 0. The fraction of sp³-hybridized carbons (Fsp3) is 0.0556. The average molecular weight is 354 g/mol. The lowest BCUT2D eigenvalue weighted by Gasteiger charge is -2.16. The van der Waals surface area contributed by atoms with Gasteiger partial charge in [0.2, 0.25) is 0 Å². The number of nitrogens with one attached hydrogen (secondary N) is 1. The van der Waals surface area contributed by atoms with Crippen LogP contribution in [-0.2, 0) is 0 Å². The highest BCUT2D eigenvalue weighted by Gasteiger charge is 2.32. The number of anilines is 1. The van der Waals surface area contributed by atoms with Crippen molar-refractivity contribution in [3.8, 4) is 35.1 Å². The first kappa shape index (κ1) is 18.4. The highest BCUT2D eigenvalue weighted by molar-refractivity contribution is 5.83. The van der Waals surface area contributed by atoms with Crippen molar-refractivity contribution in [2.75, 3.05) is 5.32 Å². The molecular weight excluding hydrogens is 345 g/mol. The van der Waals surface area contributed by atoms with Crippen molar-refractivity contribution >= 4 is 5.69 Å². The van der Waals surface area contributed by atoms with Crippen LogP contribution in [0.5, 0.6) is 5.75 Å². The van der Waals surface area contributed by atoms with E-state index in [9.17, 15) is 13.2 Å². The third-order valence-electron chi connectivity index (χ3n) is 3.18. The molecule has 0 saturated heterocycles. The van der Waals surface area contributed by atoms with Crippen molar-refractivity contribution in [1.29, 1.82) is 15.8 Å². The largest absolute Gasteiger partial charge is 0.573 e. The second-order valence-electron chi connectivity index (χ2n) is 4.80. The minimum Gasteiger partial charge on any atom is -0.405 e. The van der Waals surface area contributed by atoms with Crippen LogP contribution in [-0.4, -0.2) is 6.36 Å². The van der Waals surface area contributed by atoms with Gasteiger partial charge in [0.15, 0.2) is 5.57 Å². The summed E-state index contributed by atoms with van der Waals surface area (Å²) in [6.07, 6.45) is -4.87. The molecule has 5 nitrogen and oxygen atoms in total. The smallest absolute Gasteiger partial charge is 0.405 e. The second-order valence-corrected chi connectivity index (χ2v) is 4.80. The summed E-state index contributed by atoms with van der Waals surface area (Å²) in [6, 6.07) is 16.6. The van der Waals surface area contributed by atoms with Gasteiger partial charge in [-0.05, 0) is 12.1 Å². The summed E-state index contributed by atoms with van der Waals surface area (Å²) in [5.41, 5.74) is -0.0833. The van der Waals surface area contributed by atoms with E-state index in [1.165, 1.54) is 30.3 Å². The number of benzene rings is 2. The lowest BCUT2D eigenvalue weighted by Crippen LogP contribution is -2.17. The molecule has 2 rings (SSSR count). The van der Waals surface area contributed by atoms with Crippen molar-refractivity contribution < 1.29 is 17.9 Å². The van der Waals surface area contributed by atoms with E-state index in [1.54, 1.807) is 30.3 Å². The quantitative estimate of drug-likeness (QED) is 0.817. The molecule has 8 heteroatoms. The van der Waals surface area contributed by atoms with Gasteiger partial charge in [0.05, 0.1) is 0 Å². The monoisotopic (exact) mass is 354 g/mol. The third kappa shape index (κ3) is 4.31. The molecule has 128 valence electrons. The van der Waals surface area contributed by atoms with E-state index in [1.807, 2.05) is 0 Å². The molecule has 0 aliphatic heterocycles. The Morgan fingerprint density at radius 3 is 2.00 bits per heavy atom. The minimum absolute atomic E-state index is 0.126. The summed E-state index contributed by atoms with van der Waals surface area (Å²) in [5, 5.41) is 29.6. The molecule has 0 bridgehead atoms. The Morgan fingerprint density at radius 1 is 0.846 bits per heavy atom. The van der Waals surface area contributed by atoms with Crippen LogP contribution in [0, 0.1) is 34.0 Å². The number of alkyl halides is 3. The summed E-state index contributed by atoms with van der Waals surface area (Å²) < 4.78 is 42.0. The summed E-state index contributed by atoms with van der Waals surface area (Å²) in [4.78, 5) is 0. The standard InChI is InChI=1S/C18H9F3N4O/c19-18(20,21)26-17-8-4-2-6-14(17)13-5-1-3-7-15(13)25-16(11-24)12(9-22)10-23/h1-8,25H. The number of rotatable bonds is 4. The van der Waals surface area contributed by atoms with Crippen molar-refractivity contribution in [2.45, 2.75) is 6.36 Å². The summed E-state index contributed by atoms with van der Waals surface area (Å²) >= 11 is 0. The summed E-state index contributed by atoms with van der Waals surface area (Å²) in [6.45, 7) is 0. The van der Waals surface area contributed by atoms with Gasteiger partial charge in [-0.2, -0.15) is 15.8 Å². The predicted molar refractivity (Wildman–Crippen MR) is 86.0 cm³/mol. The molecule has 26 heavy (non-hydrogen) atoms. The van der Waals surface area contributed by atoms with E-state index >= 15 is 0 Å². The molecule has 0 aromatic heterocycles. The van der Waals surface area contributed by atoms with Crippen LogP contribution < -0.4 is 10.1 Å². The van der Waals surface area contributed by atoms with E-state index in [-0.39, 0.29) is 16.9 Å². The Kier molecular flexibility index (Phi) is 5.47. The zero-order valence-electron chi connectivity index (χ0n) is 13.0. The van der Waals surface area contributed by atoms with Gasteiger partial charge >= 0.3 is 6.36 Å². The Bertz CT molecular complexity index is 959. The normalized spacial score (nSPS) is 10.0. The fourth-order valence-corrected chi connectivity index (χ4v) is 2.15. The van der Waals surface area contributed by atoms with E-state index in [2.05, 4.69) is 10.1 Å². The lowest BCUT2D eigenvalue weighted by atomic mass is 10.0. The predicted octanol–water partition coefficient (Wildman–Crippen LogP) is 4.49. The number of para-hydroxylation sites is 2. The van der Waals surface area contributed by atoms with E-state index < -0.39 is 17.7 Å². The maximum Gasteiger partial charge on any atom is 0.573 e. The number of nitrogens with zero attached hydrogens (tertiary/aromatic N) is 3. The molecule has 0 spiro atoms. The highest BCUT2D eigenvalue weighted by atomic mass is 19.4. The topological polar surface area (TPSA) is 92.6 Å². The van der Waals surface area contributed by atoms with Crippen molar-refractivity contribution in [1.82, 2.24) is 0 Å². The Labute approximate surface area is 146 Å². The van der Waals surface area contributed by atoms with Gasteiger partial charge in [0.1, 0.15) is 29.7 Å². The van der Waals surface area contributed by atoms with Crippen LogP contribution in [0.25, 0.3) is 11.1 Å². The molecule has 0 amide bonds. The fourth-order valence-electron chi connectivity index (χ4n) is 2.15. The van der Waals surface area contributed by atoms with Crippen molar-refractivity contribution in [3.05, 3.63) is 59.8 Å². The average Bonchev–Trinajstić information content (AvgIpc) is 2.61. The first-order valence-corrected chi connectivity index (χ1v) is 7.05. The highest BCUT2D eigenvalue weighted by Crippen LogP contribution is 2.37. The van der Waals surface area contributed by atoms with Gasteiger partial charge in [-0.15, -0.1) is 13.2 Å². The van der Waals surface area contributed by atoms with Crippen LogP contribution >= 0.6 is 0 Å². The number of allylic oxidation sites excluding steroid dienone is 2. The van der Waals surface area contributed by atoms with Gasteiger partial charge in [0, 0.05) is 16.8 Å². The number of ether oxygens (including phenoxy) is 1. The molecule has 0 aliphatic carbocycles. The zero-order chi connectivity index (χ0) is 19.2. The van der Waals surface area contributed by atoms with Gasteiger partial charge in [-0.25, -0.2) is 0 Å². The molecule has 2 aromatic carbocycles. The van der Waals surface area contributed by atoms with Crippen LogP contribution in [0.3, 0.4) is 0 Å². The van der Waals surface area contributed by atoms with Crippen LogP contribution in [0.1, 0.15) is 0 Å². The molecule has 2 aromatic rings. The summed E-state index contributed by atoms with van der Waals surface area (Å²) in [5.74, 6) is -0.419. The molecule has 0 fully saturated rings. The molecule has 0 saturated carbocycles. The van der Waals surface area contributed by atoms with E-state index in [4.69, 9.17) is 15.8 Å². The molecule has 0 heterocycles. The molecular formula is C18H9F3N4O. The Balaban J connectivity index is 2.56. The van der Waals surface area contributed by atoms with Gasteiger partial charge < -0.3 is 10.1 Å². The number of nitriles is 3. The Hall–Kier alpha value is -3.96. The molecule has 0 unspecified atom stereocenters.